The predicted molar refractivity (Wildman–Crippen MR) is 165 cm³/mol. The van der Waals surface area contributed by atoms with E-state index in [2.05, 4.69) is 18.8 Å². The summed E-state index contributed by atoms with van der Waals surface area (Å²) < 4.78 is 66.1. The van der Waals surface area contributed by atoms with Crippen LogP contribution in [-0.2, 0) is 9.59 Å². The van der Waals surface area contributed by atoms with Gasteiger partial charge in [0.15, 0.2) is 12.1 Å². The van der Waals surface area contributed by atoms with Crippen molar-refractivity contribution in [3.05, 3.63) is 76.5 Å². The molecule has 5 nitrogen and oxygen atoms in total. The Morgan fingerprint density at radius 2 is 1.64 bits per heavy atom. The van der Waals surface area contributed by atoms with Crippen LogP contribution in [-0.4, -0.2) is 43.1 Å². The third-order valence-electron chi connectivity index (χ3n) is 7.15. The van der Waals surface area contributed by atoms with Crippen LogP contribution in [0.2, 0.25) is 0 Å². The van der Waals surface area contributed by atoms with Gasteiger partial charge in [0.2, 0.25) is 5.88 Å². The van der Waals surface area contributed by atoms with Gasteiger partial charge in [-0.3, -0.25) is 14.6 Å². The van der Waals surface area contributed by atoms with E-state index in [-0.39, 0.29) is 30.1 Å². The first-order valence-corrected chi connectivity index (χ1v) is 14.5. The van der Waals surface area contributed by atoms with Crippen LogP contribution in [0.15, 0.2) is 58.6 Å². The van der Waals surface area contributed by atoms with Crippen LogP contribution in [0.25, 0.3) is 5.57 Å². The number of aldehydes is 1. The molecule has 1 heterocycles. The molecule has 1 aliphatic carbocycles. The molecule has 1 unspecified atom stereocenters. The van der Waals surface area contributed by atoms with Gasteiger partial charge in [0.25, 0.3) is 0 Å². The van der Waals surface area contributed by atoms with E-state index in [1.54, 1.807) is 21.1 Å². The predicted octanol–water partition coefficient (Wildman–Crippen LogP) is 9.13. The van der Waals surface area contributed by atoms with E-state index in [0.717, 1.165) is 35.4 Å². The van der Waals surface area contributed by atoms with Gasteiger partial charge in [-0.25, -0.2) is 13.8 Å². The molecule has 1 saturated carbocycles. The van der Waals surface area contributed by atoms with Gasteiger partial charge in [-0.05, 0) is 73.4 Å². The van der Waals surface area contributed by atoms with Gasteiger partial charge < -0.3 is 4.74 Å². The largest absolute Gasteiger partial charge is 0.481 e. The highest BCUT2D eigenvalue weighted by Gasteiger charge is 2.35. The summed E-state index contributed by atoms with van der Waals surface area (Å²) in [4.78, 5) is 28.6. The summed E-state index contributed by atoms with van der Waals surface area (Å²) in [6, 6.07) is 9.80. The Balaban J connectivity index is 0.000000752. The first kappa shape index (κ1) is 38.3. The van der Waals surface area contributed by atoms with Gasteiger partial charge in [0.1, 0.15) is 11.6 Å². The number of carbonyl (C=O) groups is 2. The average molecular weight is 623 g/mol. The second kappa shape index (κ2) is 18.2. The molecule has 0 radical (unpaired) electrons. The molecule has 0 saturated heterocycles. The Hall–Kier alpha value is -3.69. The van der Waals surface area contributed by atoms with Gasteiger partial charge >= 0.3 is 6.18 Å². The van der Waals surface area contributed by atoms with E-state index >= 15 is 0 Å². The van der Waals surface area contributed by atoms with Crippen molar-refractivity contribution in [1.82, 2.24) is 4.98 Å². The molecule has 1 aliphatic rings. The highest BCUT2D eigenvalue weighted by atomic mass is 19.4. The molecule has 0 bridgehead atoms. The van der Waals surface area contributed by atoms with Gasteiger partial charge in [0.05, 0.1) is 18.4 Å². The molecule has 10 heteroatoms. The number of Topliss-reactive ketones (excluding diaryl/α,β-unsaturated/α-hetero) is 1. The zero-order valence-electron chi connectivity index (χ0n) is 26.7. The summed E-state index contributed by atoms with van der Waals surface area (Å²) in [5.74, 6) is -0.272. The highest BCUT2D eigenvalue weighted by molar-refractivity contribution is 6.24. The summed E-state index contributed by atoms with van der Waals surface area (Å²) in [7, 11) is 3.40. The molecule has 0 aliphatic heterocycles. The molecule has 0 spiro atoms. The summed E-state index contributed by atoms with van der Waals surface area (Å²) in [6.45, 7) is 10.2. The lowest BCUT2D eigenvalue weighted by atomic mass is 9.70. The lowest BCUT2D eigenvalue weighted by Gasteiger charge is -2.35. The van der Waals surface area contributed by atoms with E-state index in [4.69, 9.17) is 9.73 Å². The number of hydrogen-bond acceptors (Lipinski definition) is 5. The van der Waals surface area contributed by atoms with Crippen molar-refractivity contribution in [1.29, 1.82) is 0 Å². The van der Waals surface area contributed by atoms with Crippen LogP contribution in [0, 0.1) is 23.5 Å². The number of aliphatic imine (C=N–C) groups is 1. The van der Waals surface area contributed by atoms with Crippen LogP contribution in [0.5, 0.6) is 5.88 Å². The van der Waals surface area contributed by atoms with Crippen LogP contribution in [0.4, 0.5) is 22.0 Å². The topological polar surface area (TPSA) is 68.6 Å². The Labute approximate surface area is 257 Å². The number of alkyl halides is 3. The Kier molecular flexibility index (Phi) is 15.9. The van der Waals surface area contributed by atoms with E-state index in [0.29, 0.717) is 36.5 Å². The SMILES string of the molecule is CC(F)(F)F.CC/C(C)=C(/C=C1\C(=NC)C(c2cccc(OC)n2)CC[C@@H]1C(C)C)c1c(F)cccc1F.CCC(=O)C=O. The lowest BCUT2D eigenvalue weighted by molar-refractivity contribution is -0.129. The van der Waals surface area contributed by atoms with Crippen molar-refractivity contribution in [3.8, 4) is 5.88 Å². The molecule has 1 aromatic carbocycles. The smallest absolute Gasteiger partial charge is 0.386 e. The molecule has 1 fully saturated rings. The number of halogens is 5. The Bertz CT molecular complexity index is 1320. The van der Waals surface area contributed by atoms with E-state index in [1.807, 2.05) is 38.1 Å². The van der Waals surface area contributed by atoms with Gasteiger partial charge in [-0.2, -0.15) is 13.2 Å². The maximum atomic E-state index is 14.9. The van der Waals surface area contributed by atoms with Crippen molar-refractivity contribution >= 4 is 23.4 Å². The van der Waals surface area contributed by atoms with E-state index in [9.17, 15) is 31.5 Å². The van der Waals surface area contributed by atoms with Gasteiger partial charge in [0, 0.05) is 38.1 Å². The second-order valence-corrected chi connectivity index (χ2v) is 10.7. The van der Waals surface area contributed by atoms with Crippen molar-refractivity contribution in [2.45, 2.75) is 79.3 Å². The molecule has 44 heavy (non-hydrogen) atoms. The van der Waals surface area contributed by atoms with Crippen molar-refractivity contribution < 1.29 is 36.3 Å². The number of ether oxygens (including phenoxy) is 1. The van der Waals surface area contributed by atoms with Crippen LogP contribution >= 0.6 is 0 Å². The fourth-order valence-corrected chi connectivity index (χ4v) is 4.81. The van der Waals surface area contributed by atoms with Crippen molar-refractivity contribution in [2.75, 3.05) is 14.2 Å². The fraction of sp³-hybridized carbons (Fsp3) is 0.471. The first-order valence-electron chi connectivity index (χ1n) is 14.5. The second-order valence-electron chi connectivity index (χ2n) is 10.7. The number of hydrogen-bond donors (Lipinski definition) is 0. The van der Waals surface area contributed by atoms with Crippen LogP contribution in [0.3, 0.4) is 0 Å². The molecular formula is C34H43F5N2O3. The molecule has 3 rings (SSSR count). The summed E-state index contributed by atoms with van der Waals surface area (Å²) in [5.41, 5.74) is 4.44. The monoisotopic (exact) mass is 622 g/mol. The number of rotatable bonds is 8. The lowest BCUT2D eigenvalue weighted by Crippen LogP contribution is -2.30. The fourth-order valence-electron chi connectivity index (χ4n) is 4.81. The number of ketones is 1. The van der Waals surface area contributed by atoms with E-state index in [1.165, 1.54) is 18.2 Å². The minimum Gasteiger partial charge on any atom is -0.481 e. The number of methoxy groups -OCH3 is 1. The zero-order valence-corrected chi connectivity index (χ0v) is 26.7. The summed E-state index contributed by atoms with van der Waals surface area (Å²) >= 11 is 0. The third kappa shape index (κ3) is 11.8. The first-order chi connectivity index (χ1) is 20.6. The standard InChI is InChI=1S/C28H34F2N2O.C4H6O2.C2H3F3/c1-7-18(4)21(27-23(29)10-8-11-24(27)30)16-22-19(17(2)3)14-15-20(28(22)31-5)25-12-9-13-26(32-25)33-6;1-2-4(6)3-5;1-2(3,4)5/h8-13,16-17,19-20H,7,14-15H2,1-6H3;3H,2H2,1H3;1H3/b21-18-,22-16-,31-28?;;/t19-,20?;;/m1../s1. The summed E-state index contributed by atoms with van der Waals surface area (Å²) in [5, 5.41) is 0. The van der Waals surface area contributed by atoms with Gasteiger partial charge in [-0.1, -0.05) is 45.4 Å². The molecule has 1 aromatic heterocycles. The molecule has 0 amide bonds. The maximum Gasteiger partial charge on any atom is 0.386 e. The minimum absolute atomic E-state index is 0.000000105. The molecule has 2 aromatic rings. The number of benzene rings is 1. The quantitative estimate of drug-likeness (QED) is 0.167. The van der Waals surface area contributed by atoms with Crippen LogP contribution < -0.4 is 4.74 Å². The summed E-state index contributed by atoms with van der Waals surface area (Å²) in [6.07, 6.45) is 1.19. The average Bonchev–Trinajstić information content (AvgIpc) is 2.98. The van der Waals surface area contributed by atoms with Crippen LogP contribution in [0.1, 0.15) is 84.4 Å². The Morgan fingerprint density at radius 1 is 1.07 bits per heavy atom. The molecule has 2 atom stereocenters. The van der Waals surface area contributed by atoms with Crippen molar-refractivity contribution in [3.63, 3.8) is 0 Å². The highest BCUT2D eigenvalue weighted by Crippen LogP contribution is 2.42. The number of carbonyl (C=O) groups excluding carboxylic acids is 2. The molecule has 242 valence electrons. The maximum absolute atomic E-state index is 14.9. The number of aromatic nitrogens is 1. The normalized spacial score (nSPS) is 19.0. The number of pyridine rings is 1. The molecular weight excluding hydrogens is 579 g/mol. The number of allylic oxidation sites excluding steroid dienone is 4. The zero-order chi connectivity index (χ0) is 33.6. The minimum atomic E-state index is -4.00. The Morgan fingerprint density at radius 3 is 2.07 bits per heavy atom. The van der Waals surface area contributed by atoms with Crippen molar-refractivity contribution in [2.24, 2.45) is 16.8 Å². The van der Waals surface area contributed by atoms with Gasteiger partial charge in [-0.15, -0.1) is 0 Å². The number of nitrogens with zero attached hydrogens (tertiary/aromatic N) is 2. The molecule has 0 N–H and O–H groups in total. The van der Waals surface area contributed by atoms with E-state index < -0.39 is 17.8 Å². The third-order valence-corrected chi connectivity index (χ3v) is 7.15.